The fourth-order valence-electron chi connectivity index (χ4n) is 5.03. The molecule has 0 radical (unpaired) electrons. The summed E-state index contributed by atoms with van der Waals surface area (Å²) in [5.41, 5.74) is 10.0. The molecule has 1 saturated carbocycles. The van der Waals surface area contributed by atoms with E-state index in [1.54, 1.807) is 0 Å². The van der Waals surface area contributed by atoms with Crippen molar-refractivity contribution in [3.63, 3.8) is 0 Å². The van der Waals surface area contributed by atoms with E-state index in [0.717, 1.165) is 62.0 Å². The molecule has 1 aromatic carbocycles. The lowest BCUT2D eigenvalue weighted by Crippen LogP contribution is -2.33. The van der Waals surface area contributed by atoms with Crippen LogP contribution >= 0.6 is 0 Å². The first-order valence-electron chi connectivity index (χ1n) is 13.6. The zero-order valence-electron chi connectivity index (χ0n) is 22.2. The monoisotopic (exact) mass is 479 g/mol. The Morgan fingerprint density at radius 1 is 1.06 bits per heavy atom. The lowest BCUT2D eigenvalue weighted by molar-refractivity contribution is -0.131. The Kier molecular flexibility index (Phi) is 12.5. The third-order valence-electron chi connectivity index (χ3n) is 6.72. The highest BCUT2D eigenvalue weighted by atomic mass is 16.2. The Morgan fingerprint density at radius 2 is 1.83 bits per heavy atom. The Morgan fingerprint density at radius 3 is 2.57 bits per heavy atom. The number of nitrogens with one attached hydrogen (secondary N) is 1. The molecule has 0 spiro atoms. The maximum atomic E-state index is 13.1. The number of hydrogen-bond acceptors (Lipinski definition) is 3. The Hall–Kier alpha value is -2.66. The number of hydrogen-bond donors (Lipinski definition) is 2. The SMILES string of the molecule is CC.CC.NCc1cccc(CC2CCCC2C(=O)NC2=CC=C(N3CCCCC3=O)C=CC2)c1. The van der Waals surface area contributed by atoms with Crippen LogP contribution in [-0.4, -0.2) is 23.3 Å². The first kappa shape index (κ1) is 28.6. The summed E-state index contributed by atoms with van der Waals surface area (Å²) in [6.07, 6.45) is 15.3. The number of allylic oxidation sites excluding steroid dienone is 4. The van der Waals surface area contributed by atoms with E-state index in [0.29, 0.717) is 25.3 Å². The van der Waals surface area contributed by atoms with Gasteiger partial charge in [-0.1, -0.05) is 64.5 Å². The molecule has 4 rings (SSSR count). The van der Waals surface area contributed by atoms with Crippen LogP contribution in [0.25, 0.3) is 0 Å². The highest BCUT2D eigenvalue weighted by Gasteiger charge is 2.33. The summed E-state index contributed by atoms with van der Waals surface area (Å²) in [5, 5.41) is 3.18. The molecule has 5 nitrogen and oxygen atoms in total. The van der Waals surface area contributed by atoms with Crippen molar-refractivity contribution >= 4 is 11.8 Å². The van der Waals surface area contributed by atoms with Gasteiger partial charge in [-0.2, -0.15) is 0 Å². The molecule has 2 amide bonds. The van der Waals surface area contributed by atoms with E-state index >= 15 is 0 Å². The molecule has 2 unspecified atom stereocenters. The summed E-state index contributed by atoms with van der Waals surface area (Å²) < 4.78 is 0. The van der Waals surface area contributed by atoms with Gasteiger partial charge in [0.15, 0.2) is 0 Å². The van der Waals surface area contributed by atoms with Crippen LogP contribution in [0.15, 0.2) is 60.0 Å². The van der Waals surface area contributed by atoms with Gasteiger partial charge in [0.25, 0.3) is 0 Å². The van der Waals surface area contributed by atoms with Gasteiger partial charge in [0.05, 0.1) is 0 Å². The summed E-state index contributed by atoms with van der Waals surface area (Å²) >= 11 is 0. The summed E-state index contributed by atoms with van der Waals surface area (Å²) in [7, 11) is 0. The smallest absolute Gasteiger partial charge is 0.227 e. The van der Waals surface area contributed by atoms with Crippen molar-refractivity contribution < 1.29 is 9.59 Å². The highest BCUT2D eigenvalue weighted by Crippen LogP contribution is 2.35. The van der Waals surface area contributed by atoms with Crippen LogP contribution in [0.3, 0.4) is 0 Å². The van der Waals surface area contributed by atoms with Crippen LogP contribution in [0.5, 0.6) is 0 Å². The van der Waals surface area contributed by atoms with Gasteiger partial charge in [0.2, 0.25) is 11.8 Å². The van der Waals surface area contributed by atoms with E-state index in [-0.39, 0.29) is 17.7 Å². The minimum atomic E-state index is 0.0433. The Bertz CT molecular complexity index is 916. The number of nitrogens with zero attached hydrogens (tertiary/aromatic N) is 1. The van der Waals surface area contributed by atoms with Crippen LogP contribution in [0, 0.1) is 11.8 Å². The molecule has 2 fully saturated rings. The largest absolute Gasteiger partial charge is 0.329 e. The van der Waals surface area contributed by atoms with Crippen molar-refractivity contribution in [1.82, 2.24) is 10.2 Å². The highest BCUT2D eigenvalue weighted by molar-refractivity contribution is 5.81. The summed E-state index contributed by atoms with van der Waals surface area (Å²) in [5.74, 6) is 0.729. The van der Waals surface area contributed by atoms with E-state index in [1.165, 1.54) is 5.56 Å². The van der Waals surface area contributed by atoms with Gasteiger partial charge in [-0.25, -0.2) is 0 Å². The molecule has 5 heteroatoms. The maximum absolute atomic E-state index is 13.1. The zero-order valence-corrected chi connectivity index (χ0v) is 22.2. The molecule has 3 aliphatic rings. The van der Waals surface area contributed by atoms with Crippen molar-refractivity contribution in [2.24, 2.45) is 17.6 Å². The topological polar surface area (TPSA) is 75.4 Å². The number of rotatable bonds is 6. The van der Waals surface area contributed by atoms with Crippen molar-refractivity contribution in [3.8, 4) is 0 Å². The third-order valence-corrected chi connectivity index (χ3v) is 6.72. The first-order chi connectivity index (χ1) is 17.1. The van der Waals surface area contributed by atoms with Gasteiger partial charge >= 0.3 is 0 Å². The summed E-state index contributed by atoms with van der Waals surface area (Å²) in [4.78, 5) is 27.2. The minimum absolute atomic E-state index is 0.0433. The van der Waals surface area contributed by atoms with Crippen molar-refractivity contribution in [2.75, 3.05) is 6.54 Å². The van der Waals surface area contributed by atoms with Gasteiger partial charge in [-0.05, 0) is 67.4 Å². The predicted molar refractivity (Wildman–Crippen MR) is 145 cm³/mol. The van der Waals surface area contributed by atoms with E-state index in [1.807, 2.05) is 63.0 Å². The van der Waals surface area contributed by atoms with Crippen molar-refractivity contribution in [1.29, 1.82) is 0 Å². The maximum Gasteiger partial charge on any atom is 0.227 e. The molecule has 1 saturated heterocycles. The number of carbonyl (C=O) groups is 2. The van der Waals surface area contributed by atoms with E-state index < -0.39 is 0 Å². The molecule has 35 heavy (non-hydrogen) atoms. The van der Waals surface area contributed by atoms with Crippen molar-refractivity contribution in [3.05, 3.63) is 71.1 Å². The number of carbonyl (C=O) groups excluding carboxylic acids is 2. The second-order valence-electron chi connectivity index (χ2n) is 8.91. The number of piperidine rings is 1. The zero-order chi connectivity index (χ0) is 25.6. The van der Waals surface area contributed by atoms with Crippen molar-refractivity contribution in [2.45, 2.75) is 85.6 Å². The Labute approximate surface area is 212 Å². The van der Waals surface area contributed by atoms with Gasteiger partial charge in [-0.3, -0.25) is 9.59 Å². The van der Waals surface area contributed by atoms with Gasteiger partial charge in [0, 0.05) is 43.2 Å². The predicted octanol–water partition coefficient (Wildman–Crippen LogP) is 6.01. The lowest BCUT2D eigenvalue weighted by atomic mass is 9.88. The van der Waals surface area contributed by atoms with Crippen LogP contribution in [0.1, 0.15) is 83.8 Å². The molecule has 2 aliphatic carbocycles. The number of nitrogens with two attached hydrogens (primary N) is 1. The molecular weight excluding hydrogens is 434 g/mol. The Balaban J connectivity index is 0.00000103. The molecule has 0 bridgehead atoms. The van der Waals surface area contributed by atoms with Crippen LogP contribution in [0.4, 0.5) is 0 Å². The molecular formula is C30H45N3O2. The average molecular weight is 480 g/mol. The molecule has 1 aromatic rings. The lowest BCUT2D eigenvalue weighted by Gasteiger charge is -2.27. The van der Waals surface area contributed by atoms with Crippen LogP contribution in [0.2, 0.25) is 0 Å². The molecule has 1 heterocycles. The minimum Gasteiger partial charge on any atom is -0.329 e. The van der Waals surface area contributed by atoms with E-state index in [2.05, 4.69) is 23.5 Å². The van der Waals surface area contributed by atoms with Crippen LogP contribution < -0.4 is 11.1 Å². The number of amides is 2. The van der Waals surface area contributed by atoms with Gasteiger partial charge in [-0.15, -0.1) is 0 Å². The molecule has 192 valence electrons. The molecule has 2 atom stereocenters. The third kappa shape index (κ3) is 8.21. The fourth-order valence-corrected chi connectivity index (χ4v) is 5.03. The number of benzene rings is 1. The summed E-state index contributed by atoms with van der Waals surface area (Å²) in [6.45, 7) is 9.32. The second-order valence-corrected chi connectivity index (χ2v) is 8.91. The second kappa shape index (κ2) is 15.4. The van der Waals surface area contributed by atoms with E-state index in [4.69, 9.17) is 5.73 Å². The standard InChI is InChI=1S/C26H33N3O2.2C2H6/c27-18-20-7-3-6-19(16-20)17-21-8-4-11-24(21)26(31)28-22-9-5-10-23(14-13-22)29-15-2-1-12-25(29)30;2*1-2/h3,5-7,10,13-14,16,21,24H,1-2,4,8-9,11-12,15,17-18,27H2,(H,28,31);2*1-2H3. The number of likely N-dealkylation sites (tertiary alicyclic amines) is 1. The molecule has 3 N–H and O–H groups in total. The van der Waals surface area contributed by atoms with Gasteiger partial charge < -0.3 is 16.0 Å². The quantitative estimate of drug-likeness (QED) is 0.524. The summed E-state index contributed by atoms with van der Waals surface area (Å²) in [6, 6.07) is 8.41. The molecule has 1 aliphatic heterocycles. The normalized spacial score (nSPS) is 21.5. The van der Waals surface area contributed by atoms with Crippen LogP contribution in [-0.2, 0) is 22.6 Å². The van der Waals surface area contributed by atoms with E-state index in [9.17, 15) is 9.59 Å². The fraction of sp³-hybridized carbons (Fsp3) is 0.533. The average Bonchev–Trinajstić information content (AvgIpc) is 3.24. The van der Waals surface area contributed by atoms with Gasteiger partial charge in [0.1, 0.15) is 0 Å². The molecule has 0 aromatic heterocycles. The first-order valence-corrected chi connectivity index (χ1v) is 13.6.